The maximum Gasteiger partial charge on any atom is 0.226 e. The molecule has 7 nitrogen and oxygen atoms in total. The van der Waals surface area contributed by atoms with E-state index >= 15 is 0 Å². The van der Waals surface area contributed by atoms with Crippen molar-refractivity contribution in [2.75, 3.05) is 12.4 Å². The van der Waals surface area contributed by atoms with Crippen molar-refractivity contribution >= 4 is 51.9 Å². The summed E-state index contributed by atoms with van der Waals surface area (Å²) in [6.07, 6.45) is 4.81. The van der Waals surface area contributed by atoms with Crippen LogP contribution in [-0.2, 0) is 6.54 Å². The molecule has 0 aliphatic carbocycles. The van der Waals surface area contributed by atoms with Crippen LogP contribution < -0.4 is 10.1 Å². The van der Waals surface area contributed by atoms with Crippen LogP contribution in [0.2, 0.25) is 10.3 Å². The molecule has 0 unspecified atom stereocenters. The first-order chi connectivity index (χ1) is 15.5. The number of nitriles is 1. The van der Waals surface area contributed by atoms with Crippen LogP contribution in [0.25, 0.3) is 17.2 Å². The van der Waals surface area contributed by atoms with Gasteiger partial charge in [-0.2, -0.15) is 15.2 Å². The number of imidazole rings is 1. The molecule has 9 heteroatoms. The number of nitrogens with one attached hydrogen (secondary N) is 1. The van der Waals surface area contributed by atoms with Crippen LogP contribution in [0.5, 0.6) is 5.75 Å². The standard InChI is InChI=1S/C23H18Cl2N6O/c1-14-10-16(4-3-9-26)11-18(24)19(14)28-21-20-22(30-23(25)29-21)31(13-27-20)12-15-5-7-17(32-2)8-6-15/h3-8,10-11,13H,12H2,1-2H3,(H,28,29,30)/b4-3+. The van der Waals surface area contributed by atoms with E-state index in [2.05, 4.69) is 20.3 Å². The molecule has 0 saturated carbocycles. The number of rotatable bonds is 6. The third kappa shape index (κ3) is 4.52. The Labute approximate surface area is 194 Å². The first-order valence-electron chi connectivity index (χ1n) is 9.63. The summed E-state index contributed by atoms with van der Waals surface area (Å²) in [6.45, 7) is 2.48. The third-order valence-corrected chi connectivity index (χ3v) is 5.32. The molecular formula is C23H18Cl2N6O. The van der Waals surface area contributed by atoms with Gasteiger partial charge in [0.25, 0.3) is 0 Å². The topological polar surface area (TPSA) is 88.6 Å². The molecule has 0 fully saturated rings. The van der Waals surface area contributed by atoms with E-state index in [0.717, 1.165) is 22.4 Å². The van der Waals surface area contributed by atoms with Crippen molar-refractivity contribution in [1.29, 1.82) is 5.26 Å². The number of aryl methyl sites for hydroxylation is 1. The Balaban J connectivity index is 1.68. The lowest BCUT2D eigenvalue weighted by atomic mass is 10.1. The second-order valence-electron chi connectivity index (χ2n) is 7.02. The van der Waals surface area contributed by atoms with Gasteiger partial charge in [-0.25, -0.2) is 4.98 Å². The molecule has 0 bridgehead atoms. The Morgan fingerprint density at radius 1 is 1.19 bits per heavy atom. The fourth-order valence-electron chi connectivity index (χ4n) is 3.33. The number of aromatic nitrogens is 4. The summed E-state index contributed by atoms with van der Waals surface area (Å²) < 4.78 is 7.12. The second kappa shape index (κ2) is 9.27. The van der Waals surface area contributed by atoms with Crippen molar-refractivity contribution in [1.82, 2.24) is 19.5 Å². The number of allylic oxidation sites excluding steroid dienone is 1. The zero-order valence-electron chi connectivity index (χ0n) is 17.3. The lowest BCUT2D eigenvalue weighted by molar-refractivity contribution is 0.414. The molecule has 1 N–H and O–H groups in total. The summed E-state index contributed by atoms with van der Waals surface area (Å²) in [5.74, 6) is 1.25. The monoisotopic (exact) mass is 464 g/mol. The fraction of sp³-hybridized carbons (Fsp3) is 0.130. The summed E-state index contributed by atoms with van der Waals surface area (Å²) in [5.41, 5.74) is 4.64. The van der Waals surface area contributed by atoms with E-state index in [4.69, 9.17) is 33.2 Å². The number of benzene rings is 2. The van der Waals surface area contributed by atoms with Crippen molar-refractivity contribution in [3.05, 3.63) is 75.8 Å². The van der Waals surface area contributed by atoms with Crippen molar-refractivity contribution in [3.63, 3.8) is 0 Å². The summed E-state index contributed by atoms with van der Waals surface area (Å²) in [4.78, 5) is 13.2. The number of halogens is 2. The van der Waals surface area contributed by atoms with E-state index in [1.807, 2.05) is 47.9 Å². The van der Waals surface area contributed by atoms with Gasteiger partial charge in [0.1, 0.15) is 5.75 Å². The van der Waals surface area contributed by atoms with Gasteiger partial charge in [-0.3, -0.25) is 0 Å². The van der Waals surface area contributed by atoms with Gasteiger partial charge in [0.05, 0.1) is 36.8 Å². The zero-order chi connectivity index (χ0) is 22.7. The van der Waals surface area contributed by atoms with Crippen LogP contribution in [0.15, 0.2) is 48.8 Å². The van der Waals surface area contributed by atoms with E-state index in [-0.39, 0.29) is 5.28 Å². The largest absolute Gasteiger partial charge is 0.497 e. The van der Waals surface area contributed by atoms with Crippen molar-refractivity contribution < 1.29 is 4.74 Å². The minimum absolute atomic E-state index is 0.0961. The quantitative estimate of drug-likeness (QED) is 0.287. The molecule has 0 atom stereocenters. The lowest BCUT2D eigenvalue weighted by Gasteiger charge is -2.13. The molecular weight excluding hydrogens is 447 g/mol. The van der Waals surface area contributed by atoms with Crippen LogP contribution in [0, 0.1) is 18.3 Å². The van der Waals surface area contributed by atoms with Crippen LogP contribution in [0.1, 0.15) is 16.7 Å². The highest BCUT2D eigenvalue weighted by molar-refractivity contribution is 6.33. The van der Waals surface area contributed by atoms with E-state index in [9.17, 15) is 0 Å². The smallest absolute Gasteiger partial charge is 0.226 e. The number of hydrogen-bond acceptors (Lipinski definition) is 6. The van der Waals surface area contributed by atoms with Crippen LogP contribution >= 0.6 is 23.2 Å². The lowest BCUT2D eigenvalue weighted by Crippen LogP contribution is -2.03. The average molecular weight is 465 g/mol. The van der Waals surface area contributed by atoms with Crippen molar-refractivity contribution in [2.24, 2.45) is 0 Å². The van der Waals surface area contributed by atoms with Gasteiger partial charge >= 0.3 is 0 Å². The fourth-order valence-corrected chi connectivity index (χ4v) is 3.81. The third-order valence-electron chi connectivity index (χ3n) is 4.85. The molecule has 0 spiro atoms. The Morgan fingerprint density at radius 2 is 1.97 bits per heavy atom. The number of fused-ring (bicyclic) bond motifs is 1. The zero-order valence-corrected chi connectivity index (χ0v) is 18.8. The Hall–Kier alpha value is -3.60. The Morgan fingerprint density at radius 3 is 2.66 bits per heavy atom. The minimum atomic E-state index is 0.0961. The Kier molecular flexibility index (Phi) is 6.26. The summed E-state index contributed by atoms with van der Waals surface area (Å²) >= 11 is 12.7. The van der Waals surface area contributed by atoms with Gasteiger partial charge in [0.15, 0.2) is 17.0 Å². The average Bonchev–Trinajstić information content (AvgIpc) is 3.17. The molecule has 0 saturated heterocycles. The van der Waals surface area contributed by atoms with Gasteiger partial charge in [0.2, 0.25) is 5.28 Å². The molecule has 4 aromatic rings. The van der Waals surface area contributed by atoms with E-state index in [1.54, 1.807) is 25.6 Å². The molecule has 2 aromatic carbocycles. The SMILES string of the molecule is COc1ccc(Cn2cnc3c(Nc4c(C)cc(/C=C/C#N)cc4Cl)nc(Cl)nc32)cc1. The molecule has 32 heavy (non-hydrogen) atoms. The molecule has 0 radical (unpaired) electrons. The summed E-state index contributed by atoms with van der Waals surface area (Å²) in [5, 5.41) is 12.6. The van der Waals surface area contributed by atoms with Crippen LogP contribution in [0.4, 0.5) is 11.5 Å². The highest BCUT2D eigenvalue weighted by Gasteiger charge is 2.15. The van der Waals surface area contributed by atoms with Gasteiger partial charge in [-0.15, -0.1) is 0 Å². The maximum atomic E-state index is 8.74. The maximum absolute atomic E-state index is 8.74. The highest BCUT2D eigenvalue weighted by Crippen LogP contribution is 2.33. The number of methoxy groups -OCH3 is 1. The van der Waals surface area contributed by atoms with Crippen LogP contribution in [-0.4, -0.2) is 26.6 Å². The van der Waals surface area contributed by atoms with E-state index in [0.29, 0.717) is 34.2 Å². The van der Waals surface area contributed by atoms with Crippen LogP contribution in [0.3, 0.4) is 0 Å². The molecule has 2 heterocycles. The molecule has 0 aliphatic heterocycles. The first-order valence-corrected chi connectivity index (χ1v) is 10.4. The predicted octanol–water partition coefficient (Wildman–Crippen LogP) is 5.78. The minimum Gasteiger partial charge on any atom is -0.497 e. The van der Waals surface area contributed by atoms with Gasteiger partial charge in [0, 0.05) is 6.08 Å². The van der Waals surface area contributed by atoms with Crippen molar-refractivity contribution in [2.45, 2.75) is 13.5 Å². The Bertz CT molecular complexity index is 1330. The first kappa shape index (κ1) is 21.6. The molecule has 4 rings (SSSR count). The van der Waals surface area contributed by atoms with E-state index in [1.165, 1.54) is 6.08 Å². The number of ether oxygens (including phenoxy) is 1. The number of nitrogens with zero attached hydrogens (tertiary/aromatic N) is 5. The predicted molar refractivity (Wildman–Crippen MR) is 127 cm³/mol. The summed E-state index contributed by atoms with van der Waals surface area (Å²) in [6, 6.07) is 13.4. The van der Waals surface area contributed by atoms with Gasteiger partial charge in [-0.05, 0) is 65.6 Å². The van der Waals surface area contributed by atoms with Gasteiger partial charge < -0.3 is 14.6 Å². The highest BCUT2D eigenvalue weighted by atomic mass is 35.5. The molecule has 0 amide bonds. The van der Waals surface area contributed by atoms with Crippen molar-refractivity contribution in [3.8, 4) is 11.8 Å². The van der Waals surface area contributed by atoms with E-state index < -0.39 is 0 Å². The van der Waals surface area contributed by atoms with Gasteiger partial charge in [-0.1, -0.05) is 23.7 Å². The number of hydrogen-bond donors (Lipinski definition) is 1. The second-order valence-corrected chi connectivity index (χ2v) is 7.76. The normalized spacial score (nSPS) is 11.1. The summed E-state index contributed by atoms with van der Waals surface area (Å²) in [7, 11) is 1.64. The molecule has 2 aromatic heterocycles. The molecule has 0 aliphatic rings. The number of anilines is 2. The molecule has 160 valence electrons.